The summed E-state index contributed by atoms with van der Waals surface area (Å²) < 4.78 is 14.7. The van der Waals surface area contributed by atoms with E-state index in [2.05, 4.69) is 26.8 Å². The van der Waals surface area contributed by atoms with Crippen LogP contribution in [-0.4, -0.2) is 26.4 Å². The quantitative estimate of drug-likeness (QED) is 0.433. The van der Waals surface area contributed by atoms with Gasteiger partial charge in [0, 0.05) is 23.6 Å². The molecule has 4 rings (SSSR count). The number of hydrogen-bond acceptors (Lipinski definition) is 6. The fraction of sp³-hybridized carbons (Fsp3) is 0.136. The number of aromatic nitrogens is 3. The molecular formula is C22H16ClFN6O2S. The fourth-order valence-corrected chi connectivity index (χ4v) is 4.11. The van der Waals surface area contributed by atoms with E-state index in [0.29, 0.717) is 16.1 Å². The Kier molecular flexibility index (Phi) is 6.35. The summed E-state index contributed by atoms with van der Waals surface area (Å²) in [4.78, 5) is 31.3. The Morgan fingerprint density at radius 2 is 2.06 bits per heavy atom. The summed E-state index contributed by atoms with van der Waals surface area (Å²) in [6.45, 7) is 1.90. The molecule has 11 heteroatoms. The first kappa shape index (κ1) is 22.4. The molecule has 4 aromatic rings. The van der Waals surface area contributed by atoms with Crippen LogP contribution in [0.4, 0.5) is 4.39 Å². The van der Waals surface area contributed by atoms with Crippen LogP contribution < -0.4 is 10.6 Å². The van der Waals surface area contributed by atoms with Crippen LogP contribution in [0, 0.1) is 17.1 Å². The van der Waals surface area contributed by atoms with Crippen molar-refractivity contribution in [1.29, 1.82) is 5.26 Å². The normalized spacial score (nSPS) is 11.7. The van der Waals surface area contributed by atoms with E-state index in [9.17, 15) is 14.0 Å². The van der Waals surface area contributed by atoms with Gasteiger partial charge < -0.3 is 10.6 Å². The molecule has 1 atom stereocenters. The maximum absolute atomic E-state index is 13.3. The molecule has 0 saturated carbocycles. The van der Waals surface area contributed by atoms with E-state index in [1.165, 1.54) is 46.3 Å². The summed E-state index contributed by atoms with van der Waals surface area (Å²) in [5.41, 5.74) is 1.09. The van der Waals surface area contributed by atoms with Gasteiger partial charge in [-0.2, -0.15) is 10.4 Å². The first-order valence-electron chi connectivity index (χ1n) is 9.73. The molecule has 1 aromatic carbocycles. The molecule has 0 fully saturated rings. The smallest absolute Gasteiger partial charge is 0.270 e. The SMILES string of the molecule is CC(NC(=O)c1cc(C(=O)NCc2ccc(F)c(Cl)c2)nc2ccnn12)c1ccc(C#N)s1. The second kappa shape index (κ2) is 9.36. The third-order valence-corrected chi connectivity index (χ3v) is 6.24. The van der Waals surface area contributed by atoms with Crippen LogP contribution in [0.15, 0.2) is 48.7 Å². The Labute approximate surface area is 196 Å². The zero-order valence-electron chi connectivity index (χ0n) is 17.2. The minimum absolute atomic E-state index is 0.0249. The Morgan fingerprint density at radius 3 is 2.79 bits per heavy atom. The molecule has 0 bridgehead atoms. The van der Waals surface area contributed by atoms with E-state index in [0.717, 1.165) is 4.88 Å². The van der Waals surface area contributed by atoms with Gasteiger partial charge in [-0.05, 0) is 36.8 Å². The van der Waals surface area contributed by atoms with Crippen molar-refractivity contribution in [3.63, 3.8) is 0 Å². The zero-order valence-corrected chi connectivity index (χ0v) is 18.7. The van der Waals surface area contributed by atoms with Gasteiger partial charge in [0.15, 0.2) is 5.65 Å². The standard InChI is InChI=1S/C22H16ClFN6O2S/c1-12(19-5-3-14(10-25)33-19)28-22(32)18-9-17(29-20-6-7-27-30(18)20)21(31)26-11-13-2-4-16(24)15(23)8-13/h2-9,12H,11H2,1H3,(H,26,31)(H,28,32). The molecule has 1 unspecified atom stereocenters. The van der Waals surface area contributed by atoms with E-state index in [-0.39, 0.29) is 29.0 Å². The number of hydrogen-bond donors (Lipinski definition) is 2. The van der Waals surface area contributed by atoms with E-state index in [1.807, 2.05) is 0 Å². The number of nitriles is 1. The summed E-state index contributed by atoms with van der Waals surface area (Å²) >= 11 is 7.07. The van der Waals surface area contributed by atoms with Crippen molar-refractivity contribution in [3.8, 4) is 6.07 Å². The second-order valence-electron chi connectivity index (χ2n) is 7.07. The fourth-order valence-electron chi connectivity index (χ4n) is 3.10. The van der Waals surface area contributed by atoms with Crippen LogP contribution in [0.5, 0.6) is 0 Å². The van der Waals surface area contributed by atoms with Gasteiger partial charge in [0.25, 0.3) is 11.8 Å². The van der Waals surface area contributed by atoms with Crippen molar-refractivity contribution in [2.24, 2.45) is 0 Å². The van der Waals surface area contributed by atoms with Gasteiger partial charge in [0.05, 0.1) is 17.3 Å². The average Bonchev–Trinajstić information content (AvgIpc) is 3.48. The van der Waals surface area contributed by atoms with Crippen molar-refractivity contribution in [3.05, 3.63) is 86.2 Å². The van der Waals surface area contributed by atoms with Crippen molar-refractivity contribution in [2.45, 2.75) is 19.5 Å². The number of benzene rings is 1. The predicted octanol–water partition coefficient (Wildman–Crippen LogP) is 3.88. The maximum Gasteiger partial charge on any atom is 0.270 e. The van der Waals surface area contributed by atoms with Gasteiger partial charge in [-0.15, -0.1) is 11.3 Å². The summed E-state index contributed by atoms with van der Waals surface area (Å²) in [6.07, 6.45) is 1.48. The number of carbonyl (C=O) groups excluding carboxylic acids is 2. The highest BCUT2D eigenvalue weighted by atomic mass is 35.5. The minimum Gasteiger partial charge on any atom is -0.347 e. The Morgan fingerprint density at radius 1 is 1.24 bits per heavy atom. The van der Waals surface area contributed by atoms with Gasteiger partial charge in [0.1, 0.15) is 28.2 Å². The lowest BCUT2D eigenvalue weighted by Gasteiger charge is -2.13. The van der Waals surface area contributed by atoms with Crippen LogP contribution in [-0.2, 0) is 6.54 Å². The summed E-state index contributed by atoms with van der Waals surface area (Å²) in [5, 5.41) is 18.6. The highest BCUT2D eigenvalue weighted by molar-refractivity contribution is 7.12. The number of fused-ring (bicyclic) bond motifs is 1. The van der Waals surface area contributed by atoms with Crippen molar-refractivity contribution < 1.29 is 14.0 Å². The number of carbonyl (C=O) groups is 2. The highest BCUT2D eigenvalue weighted by Crippen LogP contribution is 2.23. The molecule has 0 aliphatic heterocycles. The number of nitrogens with one attached hydrogen (secondary N) is 2. The topological polar surface area (TPSA) is 112 Å². The molecule has 0 saturated heterocycles. The Bertz CT molecular complexity index is 1410. The lowest BCUT2D eigenvalue weighted by atomic mass is 10.2. The lowest BCUT2D eigenvalue weighted by molar-refractivity contribution is 0.0932. The number of amides is 2. The van der Waals surface area contributed by atoms with Crippen LogP contribution >= 0.6 is 22.9 Å². The first-order chi connectivity index (χ1) is 15.9. The second-order valence-corrected chi connectivity index (χ2v) is 8.59. The third-order valence-electron chi connectivity index (χ3n) is 4.77. The lowest BCUT2D eigenvalue weighted by Crippen LogP contribution is -2.30. The number of halogens is 2. The van der Waals surface area contributed by atoms with Gasteiger partial charge in [-0.3, -0.25) is 9.59 Å². The van der Waals surface area contributed by atoms with Crippen molar-refractivity contribution >= 4 is 40.4 Å². The van der Waals surface area contributed by atoms with E-state index >= 15 is 0 Å². The summed E-state index contributed by atoms with van der Waals surface area (Å²) in [7, 11) is 0. The molecule has 0 aliphatic rings. The molecule has 33 heavy (non-hydrogen) atoms. The van der Waals surface area contributed by atoms with E-state index < -0.39 is 17.6 Å². The molecule has 2 amide bonds. The highest BCUT2D eigenvalue weighted by Gasteiger charge is 2.20. The Hall–Kier alpha value is -3.81. The number of nitrogens with zero attached hydrogens (tertiary/aromatic N) is 4. The molecule has 8 nitrogen and oxygen atoms in total. The molecule has 3 aromatic heterocycles. The van der Waals surface area contributed by atoms with E-state index in [4.69, 9.17) is 16.9 Å². The molecule has 0 aliphatic carbocycles. The van der Waals surface area contributed by atoms with Crippen LogP contribution in [0.25, 0.3) is 5.65 Å². The van der Waals surface area contributed by atoms with E-state index in [1.54, 1.807) is 25.1 Å². The van der Waals surface area contributed by atoms with Gasteiger partial charge >= 0.3 is 0 Å². The molecule has 2 N–H and O–H groups in total. The monoisotopic (exact) mass is 482 g/mol. The van der Waals surface area contributed by atoms with Crippen LogP contribution in [0.3, 0.4) is 0 Å². The largest absolute Gasteiger partial charge is 0.347 e. The first-order valence-corrected chi connectivity index (χ1v) is 10.9. The van der Waals surface area contributed by atoms with Crippen molar-refractivity contribution in [2.75, 3.05) is 0 Å². The van der Waals surface area contributed by atoms with Crippen LogP contribution in [0.2, 0.25) is 5.02 Å². The van der Waals surface area contributed by atoms with Crippen LogP contribution in [0.1, 0.15) is 49.3 Å². The average molecular weight is 483 g/mol. The van der Waals surface area contributed by atoms with Gasteiger partial charge in [0.2, 0.25) is 0 Å². The number of rotatable bonds is 6. The molecule has 0 spiro atoms. The Balaban J connectivity index is 1.54. The molecular weight excluding hydrogens is 467 g/mol. The number of thiophene rings is 1. The van der Waals surface area contributed by atoms with Gasteiger partial charge in [-0.25, -0.2) is 13.9 Å². The maximum atomic E-state index is 13.3. The molecule has 0 radical (unpaired) electrons. The minimum atomic E-state index is -0.545. The predicted molar refractivity (Wildman–Crippen MR) is 120 cm³/mol. The van der Waals surface area contributed by atoms with Gasteiger partial charge in [-0.1, -0.05) is 17.7 Å². The molecule has 166 valence electrons. The third kappa shape index (κ3) is 4.84. The molecule has 3 heterocycles. The van der Waals surface area contributed by atoms with Crippen molar-refractivity contribution in [1.82, 2.24) is 25.2 Å². The summed E-state index contributed by atoms with van der Waals surface area (Å²) in [6, 6.07) is 12.3. The summed E-state index contributed by atoms with van der Waals surface area (Å²) in [5.74, 6) is -1.51. The zero-order chi connectivity index (χ0) is 23.5.